The first kappa shape index (κ1) is 19.1. The van der Waals surface area contributed by atoms with Crippen LogP contribution in [0.5, 0.6) is 0 Å². The predicted molar refractivity (Wildman–Crippen MR) is 109 cm³/mol. The van der Waals surface area contributed by atoms with Crippen molar-refractivity contribution in [1.29, 1.82) is 0 Å². The van der Waals surface area contributed by atoms with Gasteiger partial charge >= 0.3 is 0 Å². The molecule has 5 heteroatoms. The lowest BCUT2D eigenvalue weighted by Crippen LogP contribution is -2.32. The second-order valence-corrected chi connectivity index (χ2v) is 8.52. The molecular weight excluding hydrogens is 342 g/mol. The maximum Gasteiger partial charge on any atom is 0.230 e. The van der Waals surface area contributed by atoms with Crippen molar-refractivity contribution in [3.8, 4) is 0 Å². The number of amides is 1. The van der Waals surface area contributed by atoms with Gasteiger partial charge in [-0.25, -0.2) is 4.98 Å². The quantitative estimate of drug-likeness (QED) is 0.760. The van der Waals surface area contributed by atoms with Crippen molar-refractivity contribution >= 4 is 28.1 Å². The van der Waals surface area contributed by atoms with Crippen LogP contribution in [0.3, 0.4) is 0 Å². The smallest absolute Gasteiger partial charge is 0.230 e. The monoisotopic (exact) mass is 371 g/mol. The van der Waals surface area contributed by atoms with Gasteiger partial charge in [-0.3, -0.25) is 14.6 Å². The van der Waals surface area contributed by atoms with Crippen LogP contribution >= 0.6 is 11.3 Å². The van der Waals surface area contributed by atoms with Crippen molar-refractivity contribution < 1.29 is 4.79 Å². The molecule has 1 fully saturated rings. The molecule has 1 aliphatic rings. The second kappa shape index (κ2) is 7.89. The highest BCUT2D eigenvalue weighted by atomic mass is 32.1. The number of anilines is 2. The van der Waals surface area contributed by atoms with Crippen LogP contribution in [0.25, 0.3) is 0 Å². The van der Waals surface area contributed by atoms with Crippen LogP contribution in [0, 0.1) is 26.7 Å². The highest BCUT2D eigenvalue weighted by molar-refractivity contribution is 7.14. The first-order valence-corrected chi connectivity index (χ1v) is 10.3. The zero-order valence-electron chi connectivity index (χ0n) is 16.5. The van der Waals surface area contributed by atoms with E-state index in [1.165, 1.54) is 18.4 Å². The SMILES string of the molecule is CC(=O)N(c1nc(CN2CCC(C)CC2)cs1)c1c(C)cc(C)cc1C. The molecule has 0 N–H and O–H groups in total. The van der Waals surface area contributed by atoms with E-state index in [0.717, 1.165) is 53.2 Å². The van der Waals surface area contributed by atoms with Crippen LogP contribution < -0.4 is 4.90 Å². The lowest BCUT2D eigenvalue weighted by molar-refractivity contribution is -0.115. The minimum absolute atomic E-state index is 0.00718. The molecule has 0 aliphatic carbocycles. The van der Waals surface area contributed by atoms with E-state index in [-0.39, 0.29) is 5.91 Å². The number of aryl methyl sites for hydroxylation is 3. The Kier molecular flexibility index (Phi) is 5.78. The summed E-state index contributed by atoms with van der Waals surface area (Å²) in [5, 5.41) is 2.87. The van der Waals surface area contributed by atoms with Crippen molar-refractivity contribution in [2.75, 3.05) is 18.0 Å². The van der Waals surface area contributed by atoms with Crippen LogP contribution in [-0.2, 0) is 11.3 Å². The number of rotatable bonds is 4. The summed E-state index contributed by atoms with van der Waals surface area (Å²) in [6.07, 6.45) is 2.52. The van der Waals surface area contributed by atoms with Crippen molar-refractivity contribution in [1.82, 2.24) is 9.88 Å². The van der Waals surface area contributed by atoms with Crippen molar-refractivity contribution in [2.45, 2.75) is 54.0 Å². The van der Waals surface area contributed by atoms with Gasteiger partial charge in [-0.2, -0.15) is 0 Å². The number of benzene rings is 1. The largest absolute Gasteiger partial charge is 0.297 e. The molecule has 26 heavy (non-hydrogen) atoms. The number of aromatic nitrogens is 1. The van der Waals surface area contributed by atoms with Crippen molar-refractivity contribution in [3.05, 3.63) is 39.9 Å². The Balaban J connectivity index is 1.84. The maximum absolute atomic E-state index is 12.5. The average molecular weight is 372 g/mol. The maximum atomic E-state index is 12.5. The molecule has 3 rings (SSSR count). The van der Waals surface area contributed by atoms with Crippen LogP contribution in [0.2, 0.25) is 0 Å². The fraction of sp³-hybridized carbons (Fsp3) is 0.524. The third-order valence-corrected chi connectivity index (χ3v) is 6.04. The van der Waals surface area contributed by atoms with Gasteiger partial charge in [0.1, 0.15) is 0 Å². The summed E-state index contributed by atoms with van der Waals surface area (Å²) in [4.78, 5) is 21.5. The van der Waals surface area contributed by atoms with E-state index in [9.17, 15) is 4.79 Å². The molecular formula is C21H29N3OS. The number of carbonyl (C=O) groups is 1. The molecule has 140 valence electrons. The van der Waals surface area contributed by atoms with E-state index in [1.54, 1.807) is 23.2 Å². The molecule has 0 bridgehead atoms. The molecule has 4 nitrogen and oxygen atoms in total. The van der Waals surface area contributed by atoms with Gasteiger partial charge in [0.15, 0.2) is 5.13 Å². The van der Waals surface area contributed by atoms with Crippen LogP contribution in [-0.4, -0.2) is 28.9 Å². The Morgan fingerprint density at radius 1 is 1.23 bits per heavy atom. The highest BCUT2D eigenvalue weighted by Gasteiger charge is 2.23. The number of hydrogen-bond acceptors (Lipinski definition) is 4. The summed E-state index contributed by atoms with van der Waals surface area (Å²) < 4.78 is 0. The fourth-order valence-electron chi connectivity index (χ4n) is 3.83. The van der Waals surface area contributed by atoms with Crippen LogP contribution in [0.4, 0.5) is 10.8 Å². The summed E-state index contributed by atoms with van der Waals surface area (Å²) >= 11 is 1.56. The van der Waals surface area contributed by atoms with Crippen molar-refractivity contribution in [3.63, 3.8) is 0 Å². The van der Waals surface area contributed by atoms with E-state index in [0.29, 0.717) is 0 Å². The summed E-state index contributed by atoms with van der Waals surface area (Å²) in [6.45, 7) is 13.3. The van der Waals surface area contributed by atoms with Gasteiger partial charge in [0.2, 0.25) is 5.91 Å². The Hall–Kier alpha value is -1.72. The first-order chi connectivity index (χ1) is 12.3. The van der Waals surface area contributed by atoms with Gasteiger partial charge in [-0.05, 0) is 63.7 Å². The van der Waals surface area contributed by atoms with Crippen LogP contribution in [0.1, 0.15) is 49.1 Å². The first-order valence-electron chi connectivity index (χ1n) is 9.40. The second-order valence-electron chi connectivity index (χ2n) is 7.68. The normalized spacial score (nSPS) is 16.0. The van der Waals surface area contributed by atoms with Gasteiger partial charge in [0.05, 0.1) is 11.4 Å². The summed E-state index contributed by atoms with van der Waals surface area (Å²) in [5.41, 5.74) is 5.47. The molecule has 0 unspecified atom stereocenters. The topological polar surface area (TPSA) is 36.4 Å². The third-order valence-electron chi connectivity index (χ3n) is 5.17. The molecule has 0 spiro atoms. The van der Waals surface area contributed by atoms with E-state index in [1.807, 2.05) is 0 Å². The molecule has 1 aromatic carbocycles. The minimum Gasteiger partial charge on any atom is -0.297 e. The Morgan fingerprint density at radius 3 is 2.42 bits per heavy atom. The minimum atomic E-state index is 0.00718. The lowest BCUT2D eigenvalue weighted by atomic mass is 9.99. The average Bonchev–Trinajstić information content (AvgIpc) is 3.00. The van der Waals surface area contributed by atoms with Gasteiger partial charge < -0.3 is 0 Å². The number of hydrogen-bond donors (Lipinski definition) is 0. The van der Waals surface area contributed by atoms with E-state index < -0.39 is 0 Å². The summed E-state index contributed by atoms with van der Waals surface area (Å²) in [7, 11) is 0. The standard InChI is InChI=1S/C21H29N3OS/c1-14-6-8-23(9-7-14)12-19-13-26-21(22-19)24(18(5)25)20-16(3)10-15(2)11-17(20)4/h10-11,13-14H,6-9,12H2,1-5H3. The van der Waals surface area contributed by atoms with E-state index in [4.69, 9.17) is 4.98 Å². The molecule has 2 heterocycles. The number of carbonyl (C=O) groups excluding carboxylic acids is 1. The number of nitrogens with zero attached hydrogens (tertiary/aromatic N) is 3. The van der Waals surface area contributed by atoms with Gasteiger partial charge in [-0.15, -0.1) is 11.3 Å². The summed E-state index contributed by atoms with van der Waals surface area (Å²) in [5.74, 6) is 0.839. The fourth-order valence-corrected chi connectivity index (χ4v) is 4.70. The molecule has 1 amide bonds. The Labute approximate surface area is 160 Å². The Bertz CT molecular complexity index is 767. The third kappa shape index (κ3) is 4.15. The van der Waals surface area contributed by atoms with Crippen LogP contribution in [0.15, 0.2) is 17.5 Å². The van der Waals surface area contributed by atoms with E-state index >= 15 is 0 Å². The number of likely N-dealkylation sites (tertiary alicyclic amines) is 1. The van der Waals surface area contributed by atoms with E-state index in [2.05, 4.69) is 50.1 Å². The molecule has 1 aromatic heterocycles. The molecule has 0 radical (unpaired) electrons. The molecule has 0 atom stereocenters. The van der Waals surface area contributed by atoms with Gasteiger partial charge in [-0.1, -0.05) is 24.6 Å². The molecule has 1 aliphatic heterocycles. The predicted octanol–water partition coefficient (Wildman–Crippen LogP) is 4.98. The van der Waals surface area contributed by atoms with Gasteiger partial charge in [0.25, 0.3) is 0 Å². The number of piperidine rings is 1. The zero-order valence-corrected chi connectivity index (χ0v) is 17.3. The Morgan fingerprint density at radius 2 is 1.85 bits per heavy atom. The zero-order chi connectivity index (χ0) is 18.8. The summed E-state index contributed by atoms with van der Waals surface area (Å²) in [6, 6.07) is 4.25. The highest BCUT2D eigenvalue weighted by Crippen LogP contribution is 2.34. The molecule has 1 saturated heterocycles. The number of thiazole rings is 1. The molecule has 2 aromatic rings. The van der Waals surface area contributed by atoms with Crippen molar-refractivity contribution in [2.24, 2.45) is 5.92 Å². The lowest BCUT2D eigenvalue weighted by Gasteiger charge is -2.29. The van der Waals surface area contributed by atoms with Gasteiger partial charge in [0, 0.05) is 18.8 Å². The molecule has 0 saturated carbocycles.